The molecule has 0 aliphatic heterocycles. The van der Waals surface area contributed by atoms with Gasteiger partial charge in [0.1, 0.15) is 5.75 Å². The molecule has 1 unspecified atom stereocenters. The highest BCUT2D eigenvalue weighted by Crippen LogP contribution is 2.31. The Kier molecular flexibility index (Phi) is 8.52. The van der Waals surface area contributed by atoms with Gasteiger partial charge in [-0.1, -0.05) is 32.4 Å². The largest absolute Gasteiger partial charge is 0.462 e. The molecule has 1 fully saturated rings. The van der Waals surface area contributed by atoms with E-state index in [-0.39, 0.29) is 24.4 Å². The summed E-state index contributed by atoms with van der Waals surface area (Å²) < 4.78 is 10.9. The molecule has 0 saturated heterocycles. The number of esters is 2. The highest BCUT2D eigenvalue weighted by molar-refractivity contribution is 5.87. The van der Waals surface area contributed by atoms with E-state index in [4.69, 9.17) is 20.9 Å². The minimum absolute atomic E-state index is 0.00620. The van der Waals surface area contributed by atoms with E-state index in [9.17, 15) is 9.59 Å². The maximum absolute atomic E-state index is 12.4. The van der Waals surface area contributed by atoms with Crippen molar-refractivity contribution in [3.05, 3.63) is 59.7 Å². The van der Waals surface area contributed by atoms with Gasteiger partial charge in [-0.05, 0) is 79.1 Å². The highest BCUT2D eigenvalue weighted by atomic mass is 16.5. The van der Waals surface area contributed by atoms with Gasteiger partial charge < -0.3 is 20.9 Å². The lowest BCUT2D eigenvalue weighted by molar-refractivity contribution is -0.140. The Labute approximate surface area is 195 Å². The molecule has 6 nitrogen and oxygen atoms in total. The van der Waals surface area contributed by atoms with Gasteiger partial charge in [0.25, 0.3) is 0 Å². The fourth-order valence-corrected chi connectivity index (χ4v) is 4.16. The zero-order valence-electron chi connectivity index (χ0n) is 19.5. The second-order valence-corrected chi connectivity index (χ2v) is 8.91. The van der Waals surface area contributed by atoms with E-state index < -0.39 is 5.97 Å². The minimum atomic E-state index is -0.433. The van der Waals surface area contributed by atoms with E-state index in [1.54, 1.807) is 36.4 Å². The van der Waals surface area contributed by atoms with Crippen molar-refractivity contribution in [2.24, 2.45) is 11.8 Å². The van der Waals surface area contributed by atoms with Crippen LogP contribution in [0.2, 0.25) is 0 Å². The summed E-state index contributed by atoms with van der Waals surface area (Å²) in [7, 11) is 0. The first-order valence-electron chi connectivity index (χ1n) is 11.7. The van der Waals surface area contributed by atoms with Crippen molar-refractivity contribution in [1.29, 1.82) is 0 Å². The molecule has 176 valence electrons. The minimum Gasteiger partial charge on any atom is -0.462 e. The van der Waals surface area contributed by atoms with Crippen molar-refractivity contribution in [3.8, 4) is 5.75 Å². The first kappa shape index (κ1) is 24.4. The highest BCUT2D eigenvalue weighted by Gasteiger charge is 2.26. The number of hydrogen-bond acceptors (Lipinski definition) is 6. The second-order valence-electron chi connectivity index (χ2n) is 8.91. The van der Waals surface area contributed by atoms with Crippen LogP contribution in [0.1, 0.15) is 63.0 Å². The molecule has 0 bridgehead atoms. The van der Waals surface area contributed by atoms with Crippen molar-refractivity contribution in [2.45, 2.75) is 51.9 Å². The summed E-state index contributed by atoms with van der Waals surface area (Å²) in [4.78, 5) is 24.5. The van der Waals surface area contributed by atoms with Crippen molar-refractivity contribution in [3.63, 3.8) is 0 Å². The van der Waals surface area contributed by atoms with Gasteiger partial charge >= 0.3 is 11.9 Å². The molecule has 0 amide bonds. The molecule has 2 aromatic carbocycles. The third-order valence-corrected chi connectivity index (χ3v) is 6.31. The lowest BCUT2D eigenvalue weighted by atomic mass is 9.81. The van der Waals surface area contributed by atoms with E-state index >= 15 is 0 Å². The average molecular weight is 451 g/mol. The Bertz CT molecular complexity index is 956. The Morgan fingerprint density at radius 3 is 2.27 bits per heavy atom. The molecule has 0 aromatic heterocycles. The summed E-state index contributed by atoms with van der Waals surface area (Å²) in [6, 6.07) is 12.4. The number of ether oxygens (including phenoxy) is 2. The zero-order valence-corrected chi connectivity index (χ0v) is 19.5. The van der Waals surface area contributed by atoms with Gasteiger partial charge in [0.2, 0.25) is 0 Å². The Morgan fingerprint density at radius 1 is 1.03 bits per heavy atom. The normalized spacial score (nSPS) is 19.2. The van der Waals surface area contributed by atoms with Crippen LogP contribution in [0.25, 0.3) is 6.08 Å². The van der Waals surface area contributed by atoms with Crippen LogP contribution >= 0.6 is 0 Å². The molecule has 2 aromatic rings. The second kappa shape index (κ2) is 11.5. The molecule has 1 aliphatic rings. The molecule has 1 aliphatic carbocycles. The van der Waals surface area contributed by atoms with Crippen molar-refractivity contribution in [1.82, 2.24) is 0 Å². The van der Waals surface area contributed by atoms with E-state index in [0.29, 0.717) is 17.1 Å². The first-order valence-corrected chi connectivity index (χ1v) is 11.7. The zero-order chi connectivity index (χ0) is 23.8. The Hall–Kier alpha value is -3.28. The molecule has 1 saturated carbocycles. The molecule has 0 heterocycles. The SMILES string of the molecule is CCC1CCC(C(=O)Oc2ccc(/C=C/C(=O)OCC(C)c3cc(N)cc(N)c3)cc2)CC1. The molecule has 6 heteroatoms. The van der Waals surface area contributed by atoms with Crippen molar-refractivity contribution < 1.29 is 19.1 Å². The summed E-state index contributed by atoms with van der Waals surface area (Å²) in [5.74, 6) is 0.648. The lowest BCUT2D eigenvalue weighted by Gasteiger charge is -2.26. The molecule has 4 N–H and O–H groups in total. The molecule has 0 radical (unpaired) electrons. The third-order valence-electron chi connectivity index (χ3n) is 6.31. The van der Waals surface area contributed by atoms with Gasteiger partial charge in [-0.15, -0.1) is 0 Å². The molecule has 1 atom stereocenters. The van der Waals surface area contributed by atoms with Gasteiger partial charge in [-0.2, -0.15) is 0 Å². The predicted octanol–water partition coefficient (Wildman–Crippen LogP) is 5.33. The number of nitrogens with two attached hydrogens (primary N) is 2. The van der Waals surface area contributed by atoms with Crippen LogP contribution in [0.3, 0.4) is 0 Å². The van der Waals surface area contributed by atoms with Crippen LogP contribution in [0, 0.1) is 11.8 Å². The first-order chi connectivity index (χ1) is 15.8. The Balaban J connectivity index is 1.45. The predicted molar refractivity (Wildman–Crippen MR) is 131 cm³/mol. The van der Waals surface area contributed by atoms with E-state index in [1.807, 2.05) is 19.1 Å². The summed E-state index contributed by atoms with van der Waals surface area (Å²) >= 11 is 0. The van der Waals surface area contributed by atoms with Crippen LogP contribution in [0.15, 0.2) is 48.5 Å². The van der Waals surface area contributed by atoms with Gasteiger partial charge in [-0.3, -0.25) is 4.79 Å². The topological polar surface area (TPSA) is 105 Å². The summed E-state index contributed by atoms with van der Waals surface area (Å²) in [5.41, 5.74) is 14.6. The fraction of sp³-hybridized carbons (Fsp3) is 0.407. The maximum atomic E-state index is 12.4. The quantitative estimate of drug-likeness (QED) is 0.244. The van der Waals surface area contributed by atoms with E-state index in [2.05, 4.69) is 6.92 Å². The van der Waals surface area contributed by atoms with Crippen LogP contribution in [0.5, 0.6) is 5.75 Å². The smallest absolute Gasteiger partial charge is 0.330 e. The molecular formula is C27H34N2O4. The number of carbonyl (C=O) groups excluding carboxylic acids is 2. The summed E-state index contributed by atoms with van der Waals surface area (Å²) in [6.45, 7) is 4.37. The molecular weight excluding hydrogens is 416 g/mol. The van der Waals surface area contributed by atoms with Gasteiger partial charge in [0, 0.05) is 23.4 Å². The average Bonchev–Trinajstić information content (AvgIpc) is 2.81. The fourth-order valence-electron chi connectivity index (χ4n) is 4.16. The number of rotatable bonds is 8. The number of benzene rings is 2. The number of hydrogen-bond donors (Lipinski definition) is 2. The molecule has 0 spiro atoms. The van der Waals surface area contributed by atoms with E-state index in [0.717, 1.165) is 42.7 Å². The number of nitrogen functional groups attached to an aromatic ring is 2. The molecule has 3 rings (SSSR count). The maximum Gasteiger partial charge on any atom is 0.330 e. The monoisotopic (exact) mass is 450 g/mol. The third kappa shape index (κ3) is 7.38. The van der Waals surface area contributed by atoms with Crippen LogP contribution in [-0.2, 0) is 14.3 Å². The van der Waals surface area contributed by atoms with Gasteiger partial charge in [-0.25, -0.2) is 4.79 Å². The van der Waals surface area contributed by atoms with E-state index in [1.165, 1.54) is 12.5 Å². The lowest BCUT2D eigenvalue weighted by Crippen LogP contribution is -2.25. The van der Waals surface area contributed by atoms with Crippen LogP contribution in [-0.4, -0.2) is 18.5 Å². The van der Waals surface area contributed by atoms with Crippen molar-refractivity contribution in [2.75, 3.05) is 18.1 Å². The summed E-state index contributed by atoms with van der Waals surface area (Å²) in [5, 5.41) is 0. The van der Waals surface area contributed by atoms with Gasteiger partial charge in [0.05, 0.1) is 12.5 Å². The summed E-state index contributed by atoms with van der Waals surface area (Å²) in [6.07, 6.45) is 8.25. The molecule has 33 heavy (non-hydrogen) atoms. The number of anilines is 2. The Morgan fingerprint density at radius 2 is 1.67 bits per heavy atom. The standard InChI is InChI=1S/C27H34N2O4/c1-3-19-4-9-21(10-5-19)27(31)33-25-11-6-20(7-12-25)8-13-26(30)32-17-18(2)22-14-23(28)16-24(29)15-22/h6-8,11-16,18-19,21H,3-5,9-10,17,28-29H2,1-2H3/b13-8+. The van der Waals surface area contributed by atoms with Crippen LogP contribution in [0.4, 0.5) is 11.4 Å². The van der Waals surface area contributed by atoms with Gasteiger partial charge in [0.15, 0.2) is 0 Å². The van der Waals surface area contributed by atoms with Crippen molar-refractivity contribution >= 4 is 29.4 Å². The van der Waals surface area contributed by atoms with Crippen LogP contribution < -0.4 is 16.2 Å². The number of carbonyl (C=O) groups is 2.